The predicted octanol–water partition coefficient (Wildman–Crippen LogP) is 3.88. The minimum atomic E-state index is -2.95. The highest BCUT2D eigenvalue weighted by Crippen LogP contribution is 2.72. The molecular formula is C30H33F4NO6. The lowest BCUT2D eigenvalue weighted by Crippen LogP contribution is -2.70. The van der Waals surface area contributed by atoms with Crippen molar-refractivity contribution in [2.24, 2.45) is 28.6 Å². The fourth-order valence-electron chi connectivity index (χ4n) is 9.01. The molecule has 2 N–H and O–H groups in total. The molecule has 0 bridgehead atoms. The lowest BCUT2D eigenvalue weighted by molar-refractivity contribution is -0.269. The molecule has 0 spiro atoms. The van der Waals surface area contributed by atoms with Crippen LogP contribution in [0.2, 0.25) is 0 Å². The van der Waals surface area contributed by atoms with Crippen molar-refractivity contribution in [3.8, 4) is 5.75 Å². The summed E-state index contributed by atoms with van der Waals surface area (Å²) >= 11 is 0. The topological polar surface area (TPSA) is 96.3 Å². The van der Waals surface area contributed by atoms with Gasteiger partial charge in [0.05, 0.1) is 6.10 Å². The van der Waals surface area contributed by atoms with E-state index in [2.05, 4.69) is 4.74 Å². The summed E-state index contributed by atoms with van der Waals surface area (Å²) in [5.41, 5.74) is -5.81. The number of ketones is 2. The Hall–Kier alpha value is -2.60. The standard InChI is InChI=1S/C30H33F4NO6/c1-27-8-7-18(37)10-22(27)23(31)11-21-20-9-17-14-35(13-16-3-5-19(6-4-16)40-26(32)33)41-30(17,25(39)15-36)28(20,2)12-24(38)29(21,27)34/h3-8,10,17,20-21,23-24,26,36,38H,9,11-15H2,1-2H3/t17-,20-,21-,23-,24-,27-,28-,29-,30-/m0/s1. The number of aliphatic hydroxyl groups excluding tert-OH is 2. The Kier molecular flexibility index (Phi) is 6.58. The molecule has 1 heterocycles. The molecule has 222 valence electrons. The summed E-state index contributed by atoms with van der Waals surface area (Å²) in [5, 5.41) is 23.2. The molecule has 0 aromatic heterocycles. The number of hydrogen-bond acceptors (Lipinski definition) is 7. The van der Waals surface area contributed by atoms with Crippen molar-refractivity contribution in [3.63, 3.8) is 0 Å². The average Bonchev–Trinajstić information content (AvgIpc) is 3.39. The third-order valence-corrected chi connectivity index (χ3v) is 10.7. The van der Waals surface area contributed by atoms with Crippen LogP contribution in [0.5, 0.6) is 5.75 Å². The number of benzene rings is 1. The Morgan fingerprint density at radius 1 is 1.20 bits per heavy atom. The molecule has 0 amide bonds. The van der Waals surface area contributed by atoms with Crippen molar-refractivity contribution in [2.75, 3.05) is 13.2 Å². The average molecular weight is 580 g/mol. The number of alkyl halides is 4. The van der Waals surface area contributed by atoms with Crippen LogP contribution in [0.3, 0.4) is 0 Å². The van der Waals surface area contributed by atoms with Crippen LogP contribution in [0.1, 0.15) is 38.7 Å². The number of ether oxygens (including phenoxy) is 1. The van der Waals surface area contributed by atoms with Crippen molar-refractivity contribution in [1.29, 1.82) is 0 Å². The number of hydrogen-bond donors (Lipinski definition) is 2. The van der Waals surface area contributed by atoms with E-state index < -0.39 is 76.9 Å². The Bertz CT molecular complexity index is 1320. The fourth-order valence-corrected chi connectivity index (χ4v) is 9.01. The molecule has 0 radical (unpaired) electrons. The molecule has 9 atom stereocenters. The zero-order valence-corrected chi connectivity index (χ0v) is 22.7. The Balaban J connectivity index is 1.33. The van der Waals surface area contributed by atoms with Crippen LogP contribution in [-0.4, -0.2) is 70.2 Å². The number of aliphatic hydroxyl groups is 2. The van der Waals surface area contributed by atoms with Crippen molar-refractivity contribution in [2.45, 2.75) is 69.8 Å². The van der Waals surface area contributed by atoms with Gasteiger partial charge in [-0.15, -0.1) is 0 Å². The number of allylic oxidation sites excluding steroid dienone is 4. The summed E-state index contributed by atoms with van der Waals surface area (Å²) in [6.45, 7) is -0.0432. The number of rotatable bonds is 6. The number of nitrogens with zero attached hydrogens (tertiary/aromatic N) is 1. The fraction of sp³-hybridized carbons (Fsp3) is 0.600. The van der Waals surface area contributed by atoms with Gasteiger partial charge in [-0.25, -0.2) is 8.78 Å². The highest BCUT2D eigenvalue weighted by Gasteiger charge is 2.79. The maximum atomic E-state index is 17.4. The van der Waals surface area contributed by atoms with E-state index in [-0.39, 0.29) is 37.3 Å². The minimum absolute atomic E-state index is 0.00124. The summed E-state index contributed by atoms with van der Waals surface area (Å²) in [5.74, 6) is -3.01. The third-order valence-electron chi connectivity index (χ3n) is 10.7. The van der Waals surface area contributed by atoms with Gasteiger partial charge < -0.3 is 14.9 Å². The lowest BCUT2D eigenvalue weighted by atomic mass is 9.44. The molecule has 4 aliphatic carbocycles. The third kappa shape index (κ3) is 3.78. The molecule has 1 saturated heterocycles. The van der Waals surface area contributed by atoms with Gasteiger partial charge in [0.15, 0.2) is 22.8 Å². The molecule has 7 nitrogen and oxygen atoms in total. The van der Waals surface area contributed by atoms with Crippen LogP contribution in [0.15, 0.2) is 48.1 Å². The number of halogens is 4. The molecule has 3 saturated carbocycles. The van der Waals surface area contributed by atoms with E-state index in [0.29, 0.717) is 12.0 Å². The van der Waals surface area contributed by atoms with Gasteiger partial charge in [0.25, 0.3) is 0 Å². The molecule has 1 aromatic carbocycles. The summed E-state index contributed by atoms with van der Waals surface area (Å²) < 4.78 is 62.6. The molecule has 1 aromatic rings. The molecule has 1 aliphatic heterocycles. The van der Waals surface area contributed by atoms with Crippen LogP contribution in [0.4, 0.5) is 17.6 Å². The van der Waals surface area contributed by atoms with Crippen LogP contribution in [0, 0.1) is 28.6 Å². The van der Waals surface area contributed by atoms with Crippen LogP contribution in [-0.2, 0) is 21.0 Å². The van der Waals surface area contributed by atoms with Crippen molar-refractivity contribution >= 4 is 11.6 Å². The van der Waals surface area contributed by atoms with Gasteiger partial charge in [-0.2, -0.15) is 13.8 Å². The normalized spacial score (nSPS) is 43.3. The van der Waals surface area contributed by atoms with Crippen LogP contribution >= 0.6 is 0 Å². The van der Waals surface area contributed by atoms with E-state index in [1.807, 2.05) is 0 Å². The number of fused-ring (bicyclic) bond motifs is 7. The van der Waals surface area contributed by atoms with Gasteiger partial charge in [0.1, 0.15) is 18.5 Å². The SMILES string of the molecule is C[C@]12C=CC(=O)C=C1[C@@H](F)C[C@H]1[C@@H]3C[C@H]4CN(Cc5ccc(OC(F)F)cc5)O[C@@]4(C(=O)CO)[C@@]3(C)C[C@H](O)[C@@]12F. The lowest BCUT2D eigenvalue weighted by Gasteiger charge is -2.63. The quantitative estimate of drug-likeness (QED) is 0.494. The maximum absolute atomic E-state index is 17.4. The number of carbonyl (C=O) groups excluding carboxylic acids is 2. The number of hydroxylamine groups is 2. The van der Waals surface area contributed by atoms with Crippen molar-refractivity contribution in [3.05, 3.63) is 53.6 Å². The summed E-state index contributed by atoms with van der Waals surface area (Å²) in [6.07, 6.45) is 0.421. The largest absolute Gasteiger partial charge is 0.435 e. The molecule has 5 aliphatic rings. The Labute approximate surface area is 234 Å². The Morgan fingerprint density at radius 3 is 2.56 bits per heavy atom. The second-order valence-electron chi connectivity index (χ2n) is 12.5. The van der Waals surface area contributed by atoms with E-state index >= 15 is 8.78 Å². The van der Waals surface area contributed by atoms with E-state index in [1.165, 1.54) is 31.2 Å². The molecule has 0 unspecified atom stereocenters. The Morgan fingerprint density at radius 2 is 1.90 bits per heavy atom. The number of carbonyl (C=O) groups is 2. The molecule has 6 rings (SSSR count). The van der Waals surface area contributed by atoms with E-state index in [0.717, 1.165) is 6.08 Å². The first-order valence-corrected chi connectivity index (χ1v) is 13.9. The van der Waals surface area contributed by atoms with Gasteiger partial charge in [0, 0.05) is 35.8 Å². The van der Waals surface area contributed by atoms with Crippen molar-refractivity contribution in [1.82, 2.24) is 5.06 Å². The van der Waals surface area contributed by atoms with Crippen LogP contribution in [0.25, 0.3) is 0 Å². The first kappa shape index (κ1) is 28.5. The van der Waals surface area contributed by atoms with Crippen LogP contribution < -0.4 is 4.74 Å². The van der Waals surface area contributed by atoms with E-state index in [1.54, 1.807) is 24.1 Å². The summed E-state index contributed by atoms with van der Waals surface area (Å²) in [6, 6.07) is 5.99. The molecular weight excluding hydrogens is 546 g/mol. The zero-order valence-electron chi connectivity index (χ0n) is 22.7. The van der Waals surface area contributed by atoms with Gasteiger partial charge in [-0.1, -0.05) is 25.1 Å². The molecule has 41 heavy (non-hydrogen) atoms. The van der Waals surface area contributed by atoms with Crippen molar-refractivity contribution < 1.29 is 46.9 Å². The van der Waals surface area contributed by atoms with Gasteiger partial charge in [-0.3, -0.25) is 14.4 Å². The molecule has 11 heteroatoms. The summed E-state index contributed by atoms with van der Waals surface area (Å²) in [4.78, 5) is 32.0. The van der Waals surface area contributed by atoms with E-state index in [4.69, 9.17) is 4.84 Å². The second kappa shape index (κ2) is 9.45. The maximum Gasteiger partial charge on any atom is 0.387 e. The highest BCUT2D eigenvalue weighted by atomic mass is 19.3. The van der Waals surface area contributed by atoms with Gasteiger partial charge >= 0.3 is 6.61 Å². The highest BCUT2D eigenvalue weighted by molar-refractivity contribution is 6.01. The zero-order chi connectivity index (χ0) is 29.5. The smallest absolute Gasteiger partial charge is 0.387 e. The number of Topliss-reactive ketones (excluding diaryl/α,β-unsaturated/α-hetero) is 1. The first-order chi connectivity index (χ1) is 19.3. The monoisotopic (exact) mass is 579 g/mol. The molecule has 4 fully saturated rings. The predicted molar refractivity (Wildman–Crippen MR) is 137 cm³/mol. The first-order valence-electron chi connectivity index (χ1n) is 13.9. The second-order valence-corrected chi connectivity index (χ2v) is 12.5. The van der Waals surface area contributed by atoms with Gasteiger partial charge in [0.2, 0.25) is 0 Å². The summed E-state index contributed by atoms with van der Waals surface area (Å²) in [7, 11) is 0. The van der Waals surface area contributed by atoms with Gasteiger partial charge in [-0.05, 0) is 67.5 Å². The van der Waals surface area contributed by atoms with E-state index in [9.17, 15) is 28.6 Å². The minimum Gasteiger partial charge on any atom is -0.435 e.